The van der Waals surface area contributed by atoms with Gasteiger partial charge in [-0.3, -0.25) is 0 Å². The number of rotatable bonds is 2. The Balaban J connectivity index is 1.80. The average molecular weight is 360 g/mol. The molecule has 128 valence electrons. The highest BCUT2D eigenvalue weighted by atomic mass is 32.2. The van der Waals surface area contributed by atoms with Gasteiger partial charge >= 0.3 is 6.18 Å². The number of benzene rings is 2. The first kappa shape index (κ1) is 16.3. The topological polar surface area (TPSA) is 9.23 Å². The second-order valence-corrected chi connectivity index (χ2v) is 7.26. The Kier molecular flexibility index (Phi) is 4.12. The van der Waals surface area contributed by atoms with E-state index in [-0.39, 0.29) is 11.0 Å². The zero-order chi connectivity index (χ0) is 17.4. The van der Waals surface area contributed by atoms with Crippen LogP contribution in [-0.2, 0) is 6.42 Å². The molecule has 2 aromatic rings. The van der Waals surface area contributed by atoms with E-state index in [0.717, 1.165) is 16.0 Å². The highest BCUT2D eigenvalue weighted by molar-refractivity contribution is 8.00. The van der Waals surface area contributed by atoms with Crippen LogP contribution in [0.15, 0.2) is 82.5 Å². The van der Waals surface area contributed by atoms with E-state index in [1.807, 2.05) is 30.3 Å². The molecular weight excluding hydrogens is 345 g/mol. The molecule has 1 atom stereocenters. The van der Waals surface area contributed by atoms with Crippen molar-refractivity contribution in [3.63, 3.8) is 0 Å². The normalized spacial score (nSPS) is 19.8. The number of ether oxygens (including phenoxy) is 1. The second kappa shape index (κ2) is 6.30. The Morgan fingerprint density at radius 3 is 2.44 bits per heavy atom. The maximum Gasteiger partial charge on any atom is 0.419 e. The highest BCUT2D eigenvalue weighted by Gasteiger charge is 2.42. The number of alkyl halides is 3. The molecule has 2 aliphatic rings. The molecular formula is C20H15F3OS. The fourth-order valence-corrected chi connectivity index (χ4v) is 4.47. The zero-order valence-electron chi connectivity index (χ0n) is 13.2. The van der Waals surface area contributed by atoms with Crippen LogP contribution >= 0.6 is 11.8 Å². The van der Waals surface area contributed by atoms with Crippen molar-refractivity contribution in [2.24, 2.45) is 0 Å². The van der Waals surface area contributed by atoms with Crippen LogP contribution < -0.4 is 4.74 Å². The lowest BCUT2D eigenvalue weighted by molar-refractivity contribution is -0.0926. The Morgan fingerprint density at radius 2 is 1.68 bits per heavy atom. The zero-order valence-corrected chi connectivity index (χ0v) is 14.0. The molecule has 1 aliphatic carbocycles. The molecule has 4 rings (SSSR count). The van der Waals surface area contributed by atoms with Crippen molar-refractivity contribution < 1.29 is 17.9 Å². The fourth-order valence-electron chi connectivity index (χ4n) is 3.19. The van der Waals surface area contributed by atoms with E-state index in [1.54, 1.807) is 36.0 Å². The van der Waals surface area contributed by atoms with Crippen LogP contribution in [0.4, 0.5) is 13.2 Å². The molecule has 1 nitrogen and oxygen atoms in total. The van der Waals surface area contributed by atoms with Crippen molar-refractivity contribution in [3.8, 4) is 5.75 Å². The molecule has 0 spiro atoms. The first-order valence-electron chi connectivity index (χ1n) is 8.00. The van der Waals surface area contributed by atoms with Gasteiger partial charge in [-0.1, -0.05) is 42.5 Å². The van der Waals surface area contributed by atoms with Gasteiger partial charge in [0.05, 0.1) is 5.57 Å². The van der Waals surface area contributed by atoms with Crippen molar-refractivity contribution >= 4 is 11.8 Å². The van der Waals surface area contributed by atoms with Gasteiger partial charge in [-0.05, 0) is 42.2 Å². The van der Waals surface area contributed by atoms with Crippen LogP contribution in [0.3, 0.4) is 0 Å². The fraction of sp³-hybridized carbons (Fsp3) is 0.200. The van der Waals surface area contributed by atoms with E-state index in [1.165, 1.54) is 6.08 Å². The summed E-state index contributed by atoms with van der Waals surface area (Å²) in [6.07, 6.45) is -2.30. The summed E-state index contributed by atoms with van der Waals surface area (Å²) in [6.45, 7) is 0. The van der Waals surface area contributed by atoms with Crippen molar-refractivity contribution in [3.05, 3.63) is 83.1 Å². The standard InChI is InChI=1S/C20H15F3OS/c21-20(22,23)16-10-11-18-15(12-13-6-4-5-9-17(13)25-18)19(16)24-14-7-2-1-3-8-14/h1-10,18H,11-12H2. The first-order chi connectivity index (χ1) is 12.0. The van der Waals surface area contributed by atoms with E-state index >= 15 is 0 Å². The third-order valence-electron chi connectivity index (χ3n) is 4.35. The molecule has 0 fully saturated rings. The Labute approximate surface area is 148 Å². The van der Waals surface area contributed by atoms with E-state index in [2.05, 4.69) is 0 Å². The molecule has 0 N–H and O–H groups in total. The molecule has 1 aliphatic heterocycles. The summed E-state index contributed by atoms with van der Waals surface area (Å²) >= 11 is 1.62. The molecule has 1 heterocycles. The van der Waals surface area contributed by atoms with Gasteiger partial charge in [0, 0.05) is 10.1 Å². The van der Waals surface area contributed by atoms with Crippen LogP contribution in [0.25, 0.3) is 0 Å². The average Bonchev–Trinajstić information content (AvgIpc) is 2.60. The third-order valence-corrected chi connectivity index (χ3v) is 5.77. The summed E-state index contributed by atoms with van der Waals surface area (Å²) < 4.78 is 46.4. The molecule has 0 saturated carbocycles. The van der Waals surface area contributed by atoms with Crippen molar-refractivity contribution in [1.29, 1.82) is 0 Å². The number of halogens is 3. The number of fused-ring (bicyclic) bond motifs is 2. The highest BCUT2D eigenvalue weighted by Crippen LogP contribution is 2.47. The van der Waals surface area contributed by atoms with Gasteiger partial charge in [0.25, 0.3) is 0 Å². The molecule has 0 radical (unpaired) electrons. The van der Waals surface area contributed by atoms with Crippen LogP contribution in [0.1, 0.15) is 12.0 Å². The number of hydrogen-bond acceptors (Lipinski definition) is 2. The predicted molar refractivity (Wildman–Crippen MR) is 92.6 cm³/mol. The number of hydrogen-bond donors (Lipinski definition) is 0. The number of allylic oxidation sites excluding steroid dienone is 2. The number of thioether (sulfide) groups is 1. The van der Waals surface area contributed by atoms with Crippen LogP contribution in [0, 0.1) is 0 Å². The SMILES string of the molecule is FC(F)(F)C1=CCC2Sc3ccccc3CC2=C1Oc1ccccc1. The van der Waals surface area contributed by atoms with Crippen molar-refractivity contribution in [2.75, 3.05) is 0 Å². The van der Waals surface area contributed by atoms with E-state index < -0.39 is 11.7 Å². The monoisotopic (exact) mass is 360 g/mol. The summed E-state index contributed by atoms with van der Waals surface area (Å²) in [5, 5.41) is -0.0142. The predicted octanol–water partition coefficient (Wildman–Crippen LogP) is 5.93. The summed E-state index contributed by atoms with van der Waals surface area (Å²) in [5.74, 6) is 0.390. The minimum Gasteiger partial charge on any atom is -0.457 e. The Morgan fingerprint density at radius 1 is 0.960 bits per heavy atom. The largest absolute Gasteiger partial charge is 0.457 e. The van der Waals surface area contributed by atoms with E-state index in [9.17, 15) is 13.2 Å². The van der Waals surface area contributed by atoms with Gasteiger partial charge in [0.2, 0.25) is 0 Å². The Bertz CT molecular complexity index is 853. The molecule has 5 heteroatoms. The minimum absolute atomic E-state index is 0.0142. The van der Waals surface area contributed by atoms with Crippen LogP contribution in [0.2, 0.25) is 0 Å². The molecule has 0 saturated heterocycles. The molecule has 0 bridgehead atoms. The lowest BCUT2D eigenvalue weighted by atomic mass is 9.91. The Hall–Kier alpha value is -2.14. The molecule has 0 amide bonds. The van der Waals surface area contributed by atoms with Crippen molar-refractivity contribution in [2.45, 2.75) is 29.2 Å². The van der Waals surface area contributed by atoms with Crippen LogP contribution in [0.5, 0.6) is 5.75 Å². The summed E-state index contributed by atoms with van der Waals surface area (Å²) in [7, 11) is 0. The smallest absolute Gasteiger partial charge is 0.419 e. The van der Waals surface area contributed by atoms with Gasteiger partial charge < -0.3 is 4.74 Å². The minimum atomic E-state index is -4.43. The second-order valence-electron chi connectivity index (χ2n) is 6.01. The molecule has 2 aromatic carbocycles. The lowest BCUT2D eigenvalue weighted by Gasteiger charge is -2.33. The third kappa shape index (κ3) is 3.21. The summed E-state index contributed by atoms with van der Waals surface area (Å²) in [6, 6.07) is 16.5. The van der Waals surface area contributed by atoms with Crippen molar-refractivity contribution in [1.82, 2.24) is 0 Å². The quantitative estimate of drug-likeness (QED) is 0.656. The van der Waals surface area contributed by atoms with E-state index in [0.29, 0.717) is 18.6 Å². The number of para-hydroxylation sites is 1. The van der Waals surface area contributed by atoms with Gasteiger partial charge in [-0.2, -0.15) is 13.2 Å². The van der Waals surface area contributed by atoms with Gasteiger partial charge in [0.15, 0.2) is 0 Å². The first-order valence-corrected chi connectivity index (χ1v) is 8.88. The maximum absolute atomic E-state index is 13.6. The molecule has 0 aromatic heterocycles. The van der Waals surface area contributed by atoms with Gasteiger partial charge in [0.1, 0.15) is 11.5 Å². The van der Waals surface area contributed by atoms with Gasteiger partial charge in [-0.25, -0.2) is 0 Å². The van der Waals surface area contributed by atoms with Crippen LogP contribution in [-0.4, -0.2) is 11.4 Å². The summed E-state index contributed by atoms with van der Waals surface area (Å²) in [5.41, 5.74) is 1.11. The van der Waals surface area contributed by atoms with Gasteiger partial charge in [-0.15, -0.1) is 11.8 Å². The maximum atomic E-state index is 13.6. The summed E-state index contributed by atoms with van der Waals surface area (Å²) in [4.78, 5) is 1.14. The van der Waals surface area contributed by atoms with E-state index in [4.69, 9.17) is 4.74 Å². The lowest BCUT2D eigenvalue weighted by Crippen LogP contribution is -2.27. The molecule has 1 unspecified atom stereocenters. The molecule has 25 heavy (non-hydrogen) atoms.